The second kappa shape index (κ2) is 5.72. The predicted molar refractivity (Wildman–Crippen MR) is 85.6 cm³/mol. The molecule has 0 saturated carbocycles. The first kappa shape index (κ1) is 13.2. The molecule has 0 aromatic heterocycles. The fraction of sp³-hybridized carbons (Fsp3) is 0.278. The molecular weight excluding hydrogens is 276 g/mol. The molecule has 1 N–H and O–H groups in total. The summed E-state index contributed by atoms with van der Waals surface area (Å²) in [5.74, 6) is 2.64. The van der Waals surface area contributed by atoms with E-state index in [0.717, 1.165) is 30.3 Å². The first-order valence-corrected chi connectivity index (χ1v) is 7.62. The summed E-state index contributed by atoms with van der Waals surface area (Å²) in [7, 11) is 0. The molecular formula is C18H18N2O2. The molecule has 4 rings (SSSR count). The zero-order valence-electron chi connectivity index (χ0n) is 12.2. The predicted octanol–water partition coefficient (Wildman–Crippen LogP) is 2.96. The number of aliphatic imine (C=N–C) groups is 1. The van der Waals surface area contributed by atoms with Crippen molar-refractivity contribution in [3.63, 3.8) is 0 Å². The lowest BCUT2D eigenvalue weighted by atomic mass is 10.1. The summed E-state index contributed by atoms with van der Waals surface area (Å²) in [6, 6.07) is 18.4. The van der Waals surface area contributed by atoms with E-state index in [-0.39, 0.29) is 12.1 Å². The van der Waals surface area contributed by atoms with Crippen LogP contribution in [-0.2, 0) is 0 Å². The third kappa shape index (κ3) is 2.64. The highest BCUT2D eigenvalue weighted by molar-refractivity contribution is 5.84. The van der Waals surface area contributed by atoms with Crippen LogP contribution < -0.4 is 14.8 Å². The molecule has 0 spiro atoms. The van der Waals surface area contributed by atoms with E-state index in [9.17, 15) is 0 Å². The summed E-state index contributed by atoms with van der Waals surface area (Å²) < 4.78 is 11.7. The summed E-state index contributed by atoms with van der Waals surface area (Å²) in [6.45, 7) is 1.41. The number of hydrogen-bond acceptors (Lipinski definition) is 4. The minimum atomic E-state index is 0.00988. The monoisotopic (exact) mass is 294 g/mol. The van der Waals surface area contributed by atoms with E-state index in [1.165, 1.54) is 5.56 Å². The second-order valence-corrected chi connectivity index (χ2v) is 5.58. The lowest BCUT2D eigenvalue weighted by Crippen LogP contribution is -2.34. The summed E-state index contributed by atoms with van der Waals surface area (Å²) in [5, 5.41) is 3.39. The topological polar surface area (TPSA) is 42.8 Å². The van der Waals surface area contributed by atoms with E-state index in [4.69, 9.17) is 14.5 Å². The average molecular weight is 294 g/mol. The van der Waals surface area contributed by atoms with Gasteiger partial charge < -0.3 is 14.8 Å². The smallest absolute Gasteiger partial charge is 0.161 e. The minimum absolute atomic E-state index is 0.00988. The van der Waals surface area contributed by atoms with Crippen LogP contribution in [0.3, 0.4) is 0 Å². The summed E-state index contributed by atoms with van der Waals surface area (Å²) in [6.07, 6.45) is 0.758. The molecule has 2 aromatic carbocycles. The van der Waals surface area contributed by atoms with Crippen LogP contribution in [0, 0.1) is 0 Å². The highest BCUT2D eigenvalue weighted by atomic mass is 16.6. The molecule has 2 heterocycles. The lowest BCUT2D eigenvalue weighted by Gasteiger charge is -2.26. The Bertz CT molecular complexity index is 684. The van der Waals surface area contributed by atoms with Crippen LogP contribution in [0.5, 0.6) is 11.5 Å². The van der Waals surface area contributed by atoms with Gasteiger partial charge in [0, 0.05) is 13.0 Å². The third-order valence-electron chi connectivity index (χ3n) is 3.98. The van der Waals surface area contributed by atoms with Crippen molar-refractivity contribution in [2.24, 2.45) is 4.99 Å². The zero-order valence-corrected chi connectivity index (χ0v) is 12.2. The molecule has 2 aliphatic rings. The molecule has 0 bridgehead atoms. The van der Waals surface area contributed by atoms with Crippen LogP contribution in [-0.4, -0.2) is 25.1 Å². The van der Waals surface area contributed by atoms with Crippen LogP contribution >= 0.6 is 0 Å². The largest absolute Gasteiger partial charge is 0.486 e. The highest BCUT2D eigenvalue weighted by Crippen LogP contribution is 2.32. The van der Waals surface area contributed by atoms with Gasteiger partial charge in [-0.3, -0.25) is 4.99 Å². The lowest BCUT2D eigenvalue weighted by molar-refractivity contribution is 0.0957. The van der Waals surface area contributed by atoms with E-state index in [1.54, 1.807) is 0 Å². The number of rotatable bonds is 3. The molecule has 4 heteroatoms. The van der Waals surface area contributed by atoms with Crippen molar-refractivity contribution < 1.29 is 9.47 Å². The molecule has 0 saturated heterocycles. The summed E-state index contributed by atoms with van der Waals surface area (Å²) in [4.78, 5) is 4.78. The van der Waals surface area contributed by atoms with E-state index >= 15 is 0 Å². The standard InChI is InChI=1S/C18H18N2O2/c1-2-6-13(7-3-1)15-11-19-18(20-15)10-14-12-21-16-8-4-5-9-17(16)22-14/h1-9,14-15H,10-12H2,(H,19,20). The Morgan fingerprint density at radius 2 is 1.77 bits per heavy atom. The number of benzene rings is 2. The highest BCUT2D eigenvalue weighted by Gasteiger charge is 2.25. The fourth-order valence-corrected chi connectivity index (χ4v) is 2.87. The molecule has 2 atom stereocenters. The van der Waals surface area contributed by atoms with Crippen LogP contribution in [0.2, 0.25) is 0 Å². The Morgan fingerprint density at radius 1 is 1.00 bits per heavy atom. The normalized spacial score (nSPS) is 22.8. The number of para-hydroxylation sites is 2. The Kier molecular flexibility index (Phi) is 3.43. The maximum absolute atomic E-state index is 5.99. The van der Waals surface area contributed by atoms with Crippen molar-refractivity contribution >= 4 is 5.84 Å². The van der Waals surface area contributed by atoms with E-state index in [1.807, 2.05) is 30.3 Å². The maximum atomic E-state index is 5.99. The van der Waals surface area contributed by atoms with Gasteiger partial charge in [-0.1, -0.05) is 42.5 Å². The van der Waals surface area contributed by atoms with Gasteiger partial charge in [0.2, 0.25) is 0 Å². The van der Waals surface area contributed by atoms with Crippen molar-refractivity contribution in [3.8, 4) is 11.5 Å². The minimum Gasteiger partial charge on any atom is -0.486 e. The zero-order chi connectivity index (χ0) is 14.8. The van der Waals surface area contributed by atoms with Gasteiger partial charge in [0.25, 0.3) is 0 Å². The molecule has 2 unspecified atom stereocenters. The third-order valence-corrected chi connectivity index (χ3v) is 3.98. The molecule has 22 heavy (non-hydrogen) atoms. The van der Waals surface area contributed by atoms with Crippen molar-refractivity contribution in [3.05, 3.63) is 60.2 Å². The van der Waals surface area contributed by atoms with Crippen LogP contribution in [0.4, 0.5) is 0 Å². The number of ether oxygens (including phenoxy) is 2. The van der Waals surface area contributed by atoms with E-state index in [2.05, 4.69) is 29.6 Å². The van der Waals surface area contributed by atoms with Gasteiger partial charge in [-0.25, -0.2) is 0 Å². The Hall–Kier alpha value is -2.49. The van der Waals surface area contributed by atoms with E-state index in [0.29, 0.717) is 6.61 Å². The van der Waals surface area contributed by atoms with Gasteiger partial charge in [-0.15, -0.1) is 0 Å². The average Bonchev–Trinajstić information content (AvgIpc) is 3.04. The summed E-state index contributed by atoms with van der Waals surface area (Å²) in [5.41, 5.74) is 1.25. The number of fused-ring (bicyclic) bond motifs is 1. The van der Waals surface area contributed by atoms with Crippen molar-refractivity contribution in [1.82, 2.24) is 5.32 Å². The van der Waals surface area contributed by atoms with Crippen molar-refractivity contribution in [2.45, 2.75) is 18.6 Å². The summed E-state index contributed by atoms with van der Waals surface area (Å²) >= 11 is 0. The molecule has 2 aliphatic heterocycles. The molecule has 0 fully saturated rings. The molecule has 0 aliphatic carbocycles. The quantitative estimate of drug-likeness (QED) is 0.946. The van der Waals surface area contributed by atoms with Crippen LogP contribution in [0.1, 0.15) is 18.0 Å². The Labute approximate surface area is 129 Å². The molecule has 2 aromatic rings. The molecule has 0 amide bonds. The number of nitrogens with one attached hydrogen (secondary N) is 1. The molecule has 4 nitrogen and oxygen atoms in total. The Balaban J connectivity index is 1.43. The van der Waals surface area contributed by atoms with Gasteiger partial charge >= 0.3 is 0 Å². The van der Waals surface area contributed by atoms with Crippen LogP contribution in [0.25, 0.3) is 0 Å². The first-order valence-electron chi connectivity index (χ1n) is 7.62. The molecule has 112 valence electrons. The van der Waals surface area contributed by atoms with Gasteiger partial charge in [-0.2, -0.15) is 0 Å². The molecule has 0 radical (unpaired) electrons. The maximum Gasteiger partial charge on any atom is 0.161 e. The number of nitrogens with zero attached hydrogens (tertiary/aromatic N) is 1. The van der Waals surface area contributed by atoms with Gasteiger partial charge in [-0.05, 0) is 17.7 Å². The first-order chi connectivity index (χ1) is 10.9. The SMILES string of the molecule is c1ccc(C2CNC(CC3COc4ccccc4O3)=N2)cc1. The van der Waals surface area contributed by atoms with Gasteiger partial charge in [0.1, 0.15) is 18.5 Å². The van der Waals surface area contributed by atoms with Crippen LogP contribution in [0.15, 0.2) is 59.6 Å². The van der Waals surface area contributed by atoms with Gasteiger partial charge in [0.05, 0.1) is 6.04 Å². The van der Waals surface area contributed by atoms with Crippen molar-refractivity contribution in [1.29, 1.82) is 0 Å². The number of hydrogen-bond donors (Lipinski definition) is 1. The Morgan fingerprint density at radius 3 is 2.64 bits per heavy atom. The number of amidine groups is 1. The van der Waals surface area contributed by atoms with E-state index < -0.39 is 0 Å². The van der Waals surface area contributed by atoms with Crippen molar-refractivity contribution in [2.75, 3.05) is 13.2 Å². The second-order valence-electron chi connectivity index (χ2n) is 5.58. The van der Waals surface area contributed by atoms with Gasteiger partial charge in [0.15, 0.2) is 11.5 Å². The fourth-order valence-electron chi connectivity index (χ4n) is 2.87.